The minimum Gasteiger partial charge on any atom is -0.336 e. The quantitative estimate of drug-likeness (QED) is 0.0295. The summed E-state index contributed by atoms with van der Waals surface area (Å²) in [6, 6.07) is -8.12. The molecule has 0 radical (unpaired) electrons. The summed E-state index contributed by atoms with van der Waals surface area (Å²) in [5, 5.41) is -1.83. The first-order chi connectivity index (χ1) is 59.7. The molecular weight excluding hydrogens is 1280 g/mol. The minimum absolute atomic E-state index is 0.0197. The van der Waals surface area contributed by atoms with Crippen LogP contribution in [0.4, 0.5) is 35.1 Å². The van der Waals surface area contributed by atoms with Crippen LogP contribution in [0.15, 0.2) is 153 Å². The molecule has 2 heterocycles. The van der Waals surface area contributed by atoms with E-state index in [0.717, 1.165) is 94.6 Å². The highest BCUT2D eigenvalue weighted by Gasteiger charge is 2.34. The van der Waals surface area contributed by atoms with E-state index in [1.165, 1.54) is 0 Å². The molecule has 2 aromatic heterocycles. The standard InChI is InChI=1S/2C37H40F4N4O2S/c2*1-4-43(5-2)19-20-44(22-26-9-13-28(14-10-26)29-15-18-32(25(3)21-29)37(39,40)41)34(46)23-45-33-8-6-7-31(33)35(47)42-36(45)48-24-27-11-16-30(38)17-12-27/h2*9-18,21H,4-8,19-20,22-24H2,1-3H3/i4D2,5D2,6D2,7D2,8D2,9D,10D,13D,14D,15D,18D,21D,23D2,24D2;4D2,5D2,9D,10D,13D,14D,15D,18D,21D,23D2,24D2. The van der Waals surface area contributed by atoms with Gasteiger partial charge in [-0.1, -0.05) is 148 Å². The van der Waals surface area contributed by atoms with E-state index in [4.69, 9.17) is 43.9 Å². The first-order valence-corrected chi connectivity index (χ1v) is 30.3. The Hall–Kier alpha value is -7.92. The maximum atomic E-state index is 15.1. The predicted molar refractivity (Wildman–Crippen MR) is 363 cm³/mol. The Morgan fingerprint density at radius 1 is 0.531 bits per heavy atom. The van der Waals surface area contributed by atoms with Gasteiger partial charge in [-0.2, -0.15) is 36.3 Å². The molecule has 0 aliphatic heterocycles. The number of likely N-dealkylation sites (N-methyl/N-ethyl adjacent to an activating group) is 2. The Balaban J connectivity index is 0.000000298. The summed E-state index contributed by atoms with van der Waals surface area (Å²) in [5.41, 5.74) is -21.2. The van der Waals surface area contributed by atoms with Crippen molar-refractivity contribution in [3.05, 3.63) is 232 Å². The first kappa shape index (κ1) is 38.3. The van der Waals surface area contributed by atoms with Gasteiger partial charge in [0, 0.05) is 97.9 Å². The lowest BCUT2D eigenvalue weighted by Crippen LogP contribution is -2.40. The fourth-order valence-electron chi connectivity index (χ4n) is 9.24. The van der Waals surface area contributed by atoms with Gasteiger partial charge in [-0.25, -0.2) is 8.78 Å². The number of aromatic nitrogens is 4. The van der Waals surface area contributed by atoms with E-state index in [1.54, 1.807) is 0 Å². The zero-order valence-electron chi connectivity index (χ0n) is 87.5. The highest BCUT2D eigenvalue weighted by molar-refractivity contribution is 7.98. The Kier molecular flexibility index (Phi) is 13.1. The zero-order valence-corrected chi connectivity index (χ0v) is 53.2. The summed E-state index contributed by atoms with van der Waals surface area (Å²) in [6.45, 7) is -17.5. The molecule has 0 fully saturated rings. The predicted octanol–water partition coefficient (Wildman–Crippen LogP) is 15.1. The van der Waals surface area contributed by atoms with Crippen LogP contribution in [-0.4, -0.2) is 103 Å². The van der Waals surface area contributed by atoms with Gasteiger partial charge in [0.15, 0.2) is 10.3 Å². The number of fused-ring (bicyclic) bond motifs is 2. The number of halogens is 8. The lowest BCUT2D eigenvalue weighted by atomic mass is 9.98. The van der Waals surface area contributed by atoms with Crippen molar-refractivity contribution in [1.29, 1.82) is 0 Å². The van der Waals surface area contributed by atoms with Crippen molar-refractivity contribution in [1.82, 2.24) is 38.7 Å². The summed E-state index contributed by atoms with van der Waals surface area (Å²) in [7, 11) is 0. The van der Waals surface area contributed by atoms with Crippen LogP contribution in [0.2, 0.25) is 0 Å². The fourth-order valence-corrected chi connectivity index (χ4v) is 10.7. The van der Waals surface area contributed by atoms with Gasteiger partial charge >= 0.3 is 12.4 Å². The fraction of sp³-hybridized carbons (Fsp3) is 0.378. The van der Waals surface area contributed by atoms with Gasteiger partial charge < -0.3 is 28.7 Å². The topological polar surface area (TPSA) is 117 Å². The van der Waals surface area contributed by atoms with Gasteiger partial charge in [0.25, 0.3) is 11.1 Å². The van der Waals surface area contributed by atoms with Gasteiger partial charge in [0.05, 0.1) is 35.8 Å². The molecule has 0 atom stereocenters. The van der Waals surface area contributed by atoms with Crippen molar-refractivity contribution >= 4 is 35.3 Å². The average Bonchev–Trinajstić information content (AvgIpc) is 1.51. The monoisotopic (exact) mass is 1400 g/mol. The van der Waals surface area contributed by atoms with Crippen molar-refractivity contribution < 1.29 is 94.1 Å². The highest BCUT2D eigenvalue weighted by Crippen LogP contribution is 2.37. The molecule has 8 aromatic rings. The number of hydrogen-bond donors (Lipinski definition) is 0. The maximum absolute atomic E-state index is 15.1. The SMILES string of the molecule is [2H]c1c([2H])c(-c2c([2H])c([2H])c(C(F)(F)F)c(C)c2[2H])c([2H])c([2H])c1CN(CCN(C([2H])([2H])C)C([2H])([2H])C)C(=O)C([2H])([2H])n1c(SC([2H])([2H])c2ccc(F)cc2)nc(=O)c2c1C([2H])([2H])C([2H])([2H])C2([2H])[2H].[2H]c1c([2H])c(-c2c([2H])c([2H])c(C(F)(F)F)c(C)c2[2H])c([2H])c([2H])c1CN(CCN(C([2H])([2H])C)C([2H])([2H])C)C(=O)C([2H])([2H])n1c(SC([2H])([2H])c2ccc(F)cc2)nc(=O)c2c1CCC2. The third-order valence-electron chi connectivity index (χ3n) is 14.1. The Bertz CT molecular complexity index is 5900. The molecule has 0 saturated carbocycles. The molecule has 0 N–H and O–H groups in total. The molecule has 10 rings (SSSR count). The molecule has 0 saturated heterocycles. The summed E-state index contributed by atoms with van der Waals surface area (Å²) >= 11 is 0.0692. The van der Waals surface area contributed by atoms with E-state index >= 15 is 4.79 Å². The largest absolute Gasteiger partial charge is 0.416 e. The van der Waals surface area contributed by atoms with Crippen molar-refractivity contribution in [2.24, 2.45) is 0 Å². The van der Waals surface area contributed by atoms with E-state index in [9.17, 15) is 55.0 Å². The molecule has 0 bridgehead atoms. The van der Waals surface area contributed by atoms with Crippen LogP contribution in [0.5, 0.6) is 0 Å². The van der Waals surface area contributed by atoms with Crippen LogP contribution in [0.3, 0.4) is 0 Å². The average molecular weight is 1400 g/mol. The Labute approximate surface area is 614 Å². The molecule has 96 heavy (non-hydrogen) atoms. The lowest BCUT2D eigenvalue weighted by molar-refractivity contribution is -0.138. The zero-order chi connectivity index (χ0) is 101. The van der Waals surface area contributed by atoms with Crippen LogP contribution in [0.1, 0.15) is 157 Å². The van der Waals surface area contributed by atoms with Crippen molar-refractivity contribution in [3.63, 3.8) is 0 Å². The Morgan fingerprint density at radius 3 is 1.33 bits per heavy atom. The Morgan fingerprint density at radius 2 is 0.927 bits per heavy atom. The summed E-state index contributed by atoms with van der Waals surface area (Å²) in [5.74, 6) is -5.00. The maximum Gasteiger partial charge on any atom is 0.416 e. The smallest absolute Gasteiger partial charge is 0.336 e. The third kappa shape index (κ3) is 18.8. The number of amides is 2. The van der Waals surface area contributed by atoms with Crippen LogP contribution in [-0.2, 0) is 85.0 Å². The van der Waals surface area contributed by atoms with Crippen LogP contribution < -0.4 is 11.1 Å². The normalized spacial score (nSPS) is 21.0. The number of thioether (sulfide) groups is 2. The van der Waals surface area contributed by atoms with E-state index in [0.29, 0.717) is 26.0 Å². The second-order valence-electron chi connectivity index (χ2n) is 20.4. The lowest BCUT2D eigenvalue weighted by Gasteiger charge is -2.28. The number of carbonyl (C=O) groups excluding carboxylic acids is 2. The van der Waals surface area contributed by atoms with Gasteiger partial charge in [-0.3, -0.25) is 19.2 Å². The highest BCUT2D eigenvalue weighted by atomic mass is 32.2. The molecule has 2 aliphatic rings. The second-order valence-corrected chi connectivity index (χ2v) is 22.0. The van der Waals surface area contributed by atoms with E-state index in [-0.39, 0.29) is 63.3 Å². The van der Waals surface area contributed by atoms with E-state index in [2.05, 4.69) is 9.97 Å². The van der Waals surface area contributed by atoms with Gasteiger partial charge in [-0.05, 0) is 170 Å². The van der Waals surface area contributed by atoms with E-state index < -0.39 is 317 Å². The molecule has 6 aromatic carbocycles. The van der Waals surface area contributed by atoms with Crippen molar-refractivity contribution in [3.8, 4) is 22.3 Å². The minimum atomic E-state index is -5.23. The number of hydrogen-bond acceptors (Lipinski definition) is 10. The molecule has 2 amide bonds. The number of rotatable bonds is 26. The molecule has 508 valence electrons. The third-order valence-corrected chi connectivity index (χ3v) is 15.7. The molecule has 12 nitrogen and oxygen atoms in total. The van der Waals surface area contributed by atoms with Crippen molar-refractivity contribution in [2.75, 3.05) is 52.2 Å². The molecule has 0 spiro atoms. The second kappa shape index (κ2) is 32.9. The molecular formula is C74H80F8N8O4S2. The van der Waals surface area contributed by atoms with E-state index in [1.807, 2.05) is 0 Å². The summed E-state index contributed by atoms with van der Waals surface area (Å²) in [4.78, 5) is 66.6. The summed E-state index contributed by atoms with van der Waals surface area (Å²) in [6.07, 6.45) is -21.1. The van der Waals surface area contributed by atoms with Gasteiger partial charge in [0.1, 0.15) is 24.6 Å². The molecule has 22 heteroatoms. The van der Waals surface area contributed by atoms with Crippen LogP contribution in [0.25, 0.3) is 22.3 Å². The summed E-state index contributed by atoms with van der Waals surface area (Å²) < 4.78 is 423. The first-order valence-electron chi connectivity index (χ1n) is 46.7. The number of nitrogens with zero attached hydrogens (tertiary/aromatic N) is 8. The molecule has 0 unspecified atom stereocenters. The van der Waals surface area contributed by atoms with Gasteiger partial charge in [0.2, 0.25) is 11.8 Å². The van der Waals surface area contributed by atoms with Crippen LogP contribution in [0, 0.1) is 25.5 Å². The molecule has 2 aliphatic carbocycles. The van der Waals surface area contributed by atoms with Gasteiger partial charge in [-0.15, -0.1) is 0 Å². The number of benzene rings is 6. The van der Waals surface area contributed by atoms with Crippen LogP contribution >= 0.6 is 23.5 Å². The number of alkyl halides is 6. The van der Waals surface area contributed by atoms with Crippen molar-refractivity contribution in [2.45, 2.75) is 140 Å². The number of carbonyl (C=O) groups is 2.